The number of piperidine rings is 1. The van der Waals surface area contributed by atoms with E-state index in [1.807, 2.05) is 18.0 Å². The lowest BCUT2D eigenvalue weighted by Crippen LogP contribution is -2.42. The van der Waals surface area contributed by atoms with Crippen molar-refractivity contribution in [1.82, 2.24) is 19.4 Å². The number of aromatic amines is 1. The zero-order valence-electron chi connectivity index (χ0n) is 16.4. The Labute approximate surface area is 160 Å². The highest BCUT2D eigenvalue weighted by atomic mass is 16.2. The van der Waals surface area contributed by atoms with E-state index in [0.29, 0.717) is 22.4 Å². The van der Waals surface area contributed by atoms with Crippen LogP contribution in [0.4, 0.5) is 0 Å². The summed E-state index contributed by atoms with van der Waals surface area (Å²) in [5, 5.41) is 0.713. The van der Waals surface area contributed by atoms with Crippen LogP contribution in [-0.2, 0) is 7.05 Å². The summed E-state index contributed by atoms with van der Waals surface area (Å²) < 4.78 is 1.48. The van der Waals surface area contributed by atoms with Crippen molar-refractivity contribution in [2.24, 2.45) is 18.9 Å². The number of nitrogens with one attached hydrogen (secondary N) is 1. The largest absolute Gasteiger partial charge is 0.357 e. The maximum absolute atomic E-state index is 13.0. The van der Waals surface area contributed by atoms with Gasteiger partial charge in [0.25, 0.3) is 11.5 Å². The van der Waals surface area contributed by atoms with Crippen LogP contribution in [0.15, 0.2) is 23.3 Å². The lowest BCUT2D eigenvalue weighted by atomic mass is 9.84. The second-order valence-corrected chi connectivity index (χ2v) is 8.45. The first kappa shape index (κ1) is 18.3. The highest BCUT2D eigenvalue weighted by Gasteiger charge is 2.26. The highest BCUT2D eigenvalue weighted by Crippen LogP contribution is 2.29. The predicted molar refractivity (Wildman–Crippen MR) is 107 cm³/mol. The first-order valence-corrected chi connectivity index (χ1v) is 10.2. The molecule has 4 rings (SSSR count). The summed E-state index contributed by atoms with van der Waals surface area (Å²) in [5.74, 6) is 1.48. The Morgan fingerprint density at radius 1 is 1.22 bits per heavy atom. The van der Waals surface area contributed by atoms with E-state index >= 15 is 0 Å². The molecule has 0 spiro atoms. The van der Waals surface area contributed by atoms with Crippen LogP contribution < -0.4 is 5.56 Å². The van der Waals surface area contributed by atoms with Crippen molar-refractivity contribution in [3.8, 4) is 0 Å². The van der Waals surface area contributed by atoms with Crippen molar-refractivity contribution < 1.29 is 4.79 Å². The number of rotatable bonds is 5. The van der Waals surface area contributed by atoms with Crippen molar-refractivity contribution in [1.29, 1.82) is 0 Å². The van der Waals surface area contributed by atoms with Gasteiger partial charge in [0.1, 0.15) is 5.52 Å². The van der Waals surface area contributed by atoms with Gasteiger partial charge in [0.05, 0.1) is 5.56 Å². The molecule has 6 heteroatoms. The molecule has 0 aromatic carbocycles. The fourth-order valence-corrected chi connectivity index (χ4v) is 4.51. The molecular formula is C21H30N4O2. The van der Waals surface area contributed by atoms with Crippen molar-refractivity contribution in [3.63, 3.8) is 0 Å². The molecule has 0 radical (unpaired) electrons. The zero-order valence-corrected chi connectivity index (χ0v) is 16.4. The van der Waals surface area contributed by atoms with Crippen LogP contribution in [0.3, 0.4) is 0 Å². The summed E-state index contributed by atoms with van der Waals surface area (Å²) >= 11 is 0. The Morgan fingerprint density at radius 3 is 2.63 bits per heavy atom. The van der Waals surface area contributed by atoms with E-state index in [2.05, 4.69) is 9.88 Å². The second kappa shape index (κ2) is 7.50. The number of hydrogen-bond acceptors (Lipinski definition) is 3. The number of aryl methyl sites for hydroxylation is 1. The molecule has 27 heavy (non-hydrogen) atoms. The highest BCUT2D eigenvalue weighted by molar-refractivity contribution is 6.05. The molecule has 1 saturated heterocycles. The van der Waals surface area contributed by atoms with Gasteiger partial charge in [-0.25, -0.2) is 0 Å². The van der Waals surface area contributed by atoms with Crippen LogP contribution in [0, 0.1) is 11.8 Å². The molecule has 146 valence electrons. The molecule has 2 aromatic rings. The molecule has 2 fully saturated rings. The Balaban J connectivity index is 1.38. The molecule has 1 aliphatic carbocycles. The van der Waals surface area contributed by atoms with Crippen LogP contribution in [0.25, 0.3) is 10.9 Å². The predicted octanol–water partition coefficient (Wildman–Crippen LogP) is 2.45. The molecule has 0 unspecified atom stereocenters. The van der Waals surface area contributed by atoms with Crippen molar-refractivity contribution >= 4 is 16.8 Å². The fourth-order valence-electron chi connectivity index (χ4n) is 4.51. The third-order valence-corrected chi connectivity index (χ3v) is 6.45. The molecule has 1 amide bonds. The molecule has 1 N–H and O–H groups in total. The maximum Gasteiger partial charge on any atom is 0.274 e. The number of aromatic nitrogens is 2. The van der Waals surface area contributed by atoms with Gasteiger partial charge in [-0.3, -0.25) is 9.59 Å². The van der Waals surface area contributed by atoms with Gasteiger partial charge in [-0.05, 0) is 56.7 Å². The second-order valence-electron chi connectivity index (χ2n) is 8.45. The summed E-state index contributed by atoms with van der Waals surface area (Å²) in [5.41, 5.74) is 0.993. The number of carbonyl (C=O) groups excluding carboxylic acids is 1. The maximum atomic E-state index is 13.0. The van der Waals surface area contributed by atoms with E-state index in [4.69, 9.17) is 0 Å². The van der Waals surface area contributed by atoms with Gasteiger partial charge >= 0.3 is 0 Å². The minimum Gasteiger partial charge on any atom is -0.357 e. The smallest absolute Gasteiger partial charge is 0.274 e. The number of hydrogen-bond donors (Lipinski definition) is 1. The molecule has 1 saturated carbocycles. The summed E-state index contributed by atoms with van der Waals surface area (Å²) in [4.78, 5) is 32.6. The minimum absolute atomic E-state index is 0.00732. The van der Waals surface area contributed by atoms with Crippen LogP contribution in [-0.4, -0.2) is 58.5 Å². The first-order chi connectivity index (χ1) is 13.0. The standard InChI is InChI=1S/C21H30N4O2/c1-23(12-16-7-10-25(11-8-16)13-15-4-3-5-15)20(26)18-14-24(2)21(27)19-17(18)6-9-22-19/h6,9,14-16,22H,3-5,7-8,10-13H2,1-2H3. The molecule has 6 nitrogen and oxygen atoms in total. The molecule has 0 bridgehead atoms. The van der Waals surface area contributed by atoms with Gasteiger partial charge < -0.3 is 19.4 Å². The van der Waals surface area contributed by atoms with E-state index < -0.39 is 0 Å². The third kappa shape index (κ3) is 3.68. The van der Waals surface area contributed by atoms with E-state index in [0.717, 1.165) is 38.4 Å². The monoisotopic (exact) mass is 370 g/mol. The van der Waals surface area contributed by atoms with Gasteiger partial charge in [0.2, 0.25) is 0 Å². The van der Waals surface area contributed by atoms with Gasteiger partial charge in [0, 0.05) is 45.0 Å². The van der Waals surface area contributed by atoms with Crippen molar-refractivity contribution in [2.45, 2.75) is 32.1 Å². The molecule has 2 aliphatic rings. The number of carbonyl (C=O) groups is 1. The normalized spacial score (nSPS) is 19.3. The van der Waals surface area contributed by atoms with Crippen LogP contribution >= 0.6 is 0 Å². The third-order valence-electron chi connectivity index (χ3n) is 6.45. The van der Waals surface area contributed by atoms with Crippen LogP contribution in [0.1, 0.15) is 42.5 Å². The Bertz CT molecular complexity index is 872. The van der Waals surface area contributed by atoms with Crippen molar-refractivity contribution in [3.05, 3.63) is 34.4 Å². The molecule has 2 aromatic heterocycles. The number of fused-ring (bicyclic) bond motifs is 1. The lowest BCUT2D eigenvalue weighted by Gasteiger charge is -2.37. The van der Waals surface area contributed by atoms with E-state index in [9.17, 15) is 9.59 Å². The number of H-pyrrole nitrogens is 1. The number of nitrogens with zero attached hydrogens (tertiary/aromatic N) is 3. The van der Waals surface area contributed by atoms with Crippen molar-refractivity contribution in [2.75, 3.05) is 33.2 Å². The zero-order chi connectivity index (χ0) is 19.0. The van der Waals surface area contributed by atoms with Gasteiger partial charge in [-0.1, -0.05) is 6.42 Å². The summed E-state index contributed by atoms with van der Waals surface area (Å²) in [7, 11) is 3.57. The fraction of sp³-hybridized carbons (Fsp3) is 0.619. The molecule has 1 aliphatic heterocycles. The Hall–Kier alpha value is -2.08. The number of amides is 1. The Kier molecular flexibility index (Phi) is 5.08. The SMILES string of the molecule is CN(CC1CCN(CC2CCC2)CC1)C(=O)c1cn(C)c(=O)c2[nH]ccc12. The number of likely N-dealkylation sites (tertiary alicyclic amines) is 1. The lowest BCUT2D eigenvalue weighted by molar-refractivity contribution is 0.0724. The van der Waals surface area contributed by atoms with Crippen LogP contribution in [0.2, 0.25) is 0 Å². The molecule has 0 atom stereocenters. The van der Waals surface area contributed by atoms with E-state index in [-0.39, 0.29) is 11.5 Å². The molecular weight excluding hydrogens is 340 g/mol. The number of pyridine rings is 1. The van der Waals surface area contributed by atoms with Gasteiger partial charge in [-0.2, -0.15) is 0 Å². The topological polar surface area (TPSA) is 61.3 Å². The summed E-state index contributed by atoms with van der Waals surface area (Å²) in [6.07, 6.45) is 9.94. The van der Waals surface area contributed by atoms with E-state index in [1.54, 1.807) is 19.4 Å². The average Bonchev–Trinajstić information content (AvgIpc) is 3.12. The Morgan fingerprint density at radius 2 is 1.96 bits per heavy atom. The summed E-state index contributed by atoms with van der Waals surface area (Å²) in [6, 6.07) is 1.82. The minimum atomic E-state index is -0.104. The van der Waals surface area contributed by atoms with Gasteiger partial charge in [-0.15, -0.1) is 0 Å². The first-order valence-electron chi connectivity index (χ1n) is 10.2. The van der Waals surface area contributed by atoms with Gasteiger partial charge in [0.15, 0.2) is 0 Å². The molecule has 3 heterocycles. The quantitative estimate of drug-likeness (QED) is 0.879. The van der Waals surface area contributed by atoms with E-state index in [1.165, 1.54) is 30.4 Å². The average molecular weight is 370 g/mol. The summed E-state index contributed by atoms with van der Waals surface area (Å²) in [6.45, 7) is 4.37. The van der Waals surface area contributed by atoms with Crippen LogP contribution in [0.5, 0.6) is 0 Å².